The van der Waals surface area contributed by atoms with Crippen molar-refractivity contribution in [3.8, 4) is 0 Å². The zero-order valence-corrected chi connectivity index (χ0v) is 23.9. The summed E-state index contributed by atoms with van der Waals surface area (Å²) < 4.78 is 68.3. The number of hydrogen-bond donors (Lipinski definition) is 1. The Hall–Kier alpha value is -1.85. The molecular weight excluding hydrogens is 574 g/mol. The fraction of sp³-hybridized carbons (Fsp3) is 0.519. The third-order valence-corrected chi connectivity index (χ3v) is 10.1. The Morgan fingerprint density at radius 2 is 1.79 bits per heavy atom. The fourth-order valence-corrected chi connectivity index (χ4v) is 7.07. The highest BCUT2D eigenvalue weighted by molar-refractivity contribution is 7.89. The minimum absolute atomic E-state index is 0.0661. The number of rotatable bonds is 8. The fourth-order valence-electron chi connectivity index (χ4n) is 5.34. The van der Waals surface area contributed by atoms with Gasteiger partial charge in [-0.25, -0.2) is 8.42 Å². The first-order chi connectivity index (χ1) is 18.4. The second-order valence-electron chi connectivity index (χ2n) is 10.2. The van der Waals surface area contributed by atoms with Crippen molar-refractivity contribution >= 4 is 39.1 Å². The molecule has 1 aliphatic carbocycles. The summed E-state index contributed by atoms with van der Waals surface area (Å²) in [6.07, 6.45) is -0.177. The van der Waals surface area contributed by atoms with Gasteiger partial charge in [-0.2, -0.15) is 17.5 Å². The number of alkyl halides is 3. The molecule has 1 aliphatic heterocycles. The normalized spacial score (nSPS) is 19.5. The van der Waals surface area contributed by atoms with Gasteiger partial charge in [0.15, 0.2) is 0 Å². The number of carbonyl (C=O) groups excluding carboxylic acids is 1. The van der Waals surface area contributed by atoms with Crippen molar-refractivity contribution in [3.63, 3.8) is 0 Å². The largest absolute Gasteiger partial charge is 0.405 e. The SMILES string of the molecule is CN([C@@H](CC(=O)N[C@@H]1CCCc2cc(CN3CCCCC3)ccc21)C(F)(F)F)S(=O)(=O)c1ccc(Cl)c(Cl)c1. The monoisotopic (exact) mass is 605 g/mol. The molecule has 0 aromatic heterocycles. The molecule has 1 fully saturated rings. The van der Waals surface area contributed by atoms with Crippen molar-refractivity contribution in [2.24, 2.45) is 0 Å². The van der Waals surface area contributed by atoms with Crippen LogP contribution in [0.4, 0.5) is 13.2 Å². The Morgan fingerprint density at radius 3 is 2.46 bits per heavy atom. The highest BCUT2D eigenvalue weighted by Gasteiger charge is 2.48. The second-order valence-corrected chi connectivity index (χ2v) is 13.1. The molecule has 2 atom stereocenters. The van der Waals surface area contributed by atoms with Crippen LogP contribution >= 0.6 is 23.2 Å². The van der Waals surface area contributed by atoms with E-state index in [1.165, 1.54) is 30.9 Å². The molecule has 2 aliphatic rings. The van der Waals surface area contributed by atoms with E-state index in [0.717, 1.165) is 62.8 Å². The average molecular weight is 607 g/mol. The summed E-state index contributed by atoms with van der Waals surface area (Å²) in [4.78, 5) is 14.9. The van der Waals surface area contributed by atoms with Crippen LogP contribution in [0, 0.1) is 0 Å². The van der Waals surface area contributed by atoms with Gasteiger partial charge in [0, 0.05) is 13.6 Å². The molecule has 1 amide bonds. The summed E-state index contributed by atoms with van der Waals surface area (Å²) in [5.74, 6) is -0.872. The van der Waals surface area contributed by atoms with E-state index in [1.54, 1.807) is 0 Å². The van der Waals surface area contributed by atoms with Gasteiger partial charge < -0.3 is 5.32 Å². The van der Waals surface area contributed by atoms with E-state index in [2.05, 4.69) is 16.3 Å². The first kappa shape index (κ1) is 30.1. The van der Waals surface area contributed by atoms with Crippen LogP contribution in [0.15, 0.2) is 41.3 Å². The zero-order chi connectivity index (χ0) is 28.4. The van der Waals surface area contributed by atoms with Gasteiger partial charge in [0.25, 0.3) is 0 Å². The zero-order valence-electron chi connectivity index (χ0n) is 21.6. The second kappa shape index (κ2) is 12.3. The lowest BCUT2D eigenvalue weighted by molar-refractivity contribution is -0.173. The van der Waals surface area contributed by atoms with Gasteiger partial charge in [-0.15, -0.1) is 0 Å². The van der Waals surface area contributed by atoms with E-state index in [0.29, 0.717) is 6.42 Å². The van der Waals surface area contributed by atoms with Crippen molar-refractivity contribution in [2.75, 3.05) is 20.1 Å². The molecule has 2 aromatic rings. The smallest absolute Gasteiger partial charge is 0.349 e. The molecule has 4 rings (SSSR count). The number of aryl methyl sites for hydroxylation is 1. The van der Waals surface area contributed by atoms with E-state index in [4.69, 9.17) is 23.2 Å². The molecule has 0 bridgehead atoms. The van der Waals surface area contributed by atoms with E-state index in [-0.39, 0.29) is 14.4 Å². The van der Waals surface area contributed by atoms with E-state index in [9.17, 15) is 26.4 Å². The van der Waals surface area contributed by atoms with Crippen LogP contribution in [-0.4, -0.2) is 55.9 Å². The molecule has 6 nitrogen and oxygen atoms in total. The standard InChI is InChI=1S/C27H32Cl2F3N3O3S/c1-34(39(37,38)20-9-11-22(28)23(29)15-20)25(27(30,31)32)16-26(36)33-24-7-5-6-19-14-18(8-10-21(19)24)17-35-12-3-2-4-13-35/h8-11,14-15,24-25H,2-7,12-13,16-17H2,1H3,(H,33,36)/t24-,25+/m1/s1. The van der Waals surface area contributed by atoms with Crippen molar-refractivity contribution in [1.29, 1.82) is 0 Å². The Labute approximate surface area is 237 Å². The molecule has 1 saturated heterocycles. The van der Waals surface area contributed by atoms with Gasteiger partial charge in [-0.1, -0.05) is 47.8 Å². The number of nitrogens with one attached hydrogen (secondary N) is 1. The van der Waals surface area contributed by atoms with Gasteiger partial charge in [0.05, 0.1) is 27.4 Å². The Bertz CT molecular complexity index is 1300. The van der Waals surface area contributed by atoms with E-state index in [1.807, 2.05) is 12.1 Å². The van der Waals surface area contributed by atoms with Crippen molar-refractivity contribution in [1.82, 2.24) is 14.5 Å². The van der Waals surface area contributed by atoms with Crippen LogP contribution in [0.25, 0.3) is 0 Å². The number of benzene rings is 2. The predicted molar refractivity (Wildman–Crippen MR) is 145 cm³/mol. The number of carbonyl (C=O) groups is 1. The summed E-state index contributed by atoms with van der Waals surface area (Å²) in [7, 11) is -3.81. The number of fused-ring (bicyclic) bond motifs is 1. The third-order valence-electron chi connectivity index (χ3n) is 7.48. The summed E-state index contributed by atoms with van der Waals surface area (Å²) in [5, 5.41) is 2.69. The highest BCUT2D eigenvalue weighted by Crippen LogP contribution is 2.34. The number of piperidine rings is 1. The minimum atomic E-state index is -4.98. The maximum atomic E-state index is 14.0. The molecule has 0 spiro atoms. The topological polar surface area (TPSA) is 69.7 Å². The number of nitrogens with zero attached hydrogens (tertiary/aromatic N) is 2. The summed E-state index contributed by atoms with van der Waals surface area (Å²) in [6.45, 7) is 3.01. The number of sulfonamides is 1. The molecule has 0 saturated carbocycles. The first-order valence-electron chi connectivity index (χ1n) is 13.0. The minimum Gasteiger partial charge on any atom is -0.349 e. The van der Waals surface area contributed by atoms with Crippen LogP contribution in [0.1, 0.15) is 61.3 Å². The molecule has 214 valence electrons. The number of amides is 1. The molecule has 2 aromatic carbocycles. The molecular formula is C27H32Cl2F3N3O3S. The van der Waals surface area contributed by atoms with E-state index >= 15 is 0 Å². The van der Waals surface area contributed by atoms with Crippen LogP contribution in [0.2, 0.25) is 10.0 Å². The van der Waals surface area contributed by atoms with Crippen LogP contribution in [0.5, 0.6) is 0 Å². The van der Waals surface area contributed by atoms with Crippen molar-refractivity contribution in [3.05, 3.63) is 63.1 Å². The summed E-state index contributed by atoms with van der Waals surface area (Å²) in [6, 6.07) is 6.38. The Morgan fingerprint density at radius 1 is 1.08 bits per heavy atom. The third kappa shape index (κ3) is 7.27. The first-order valence-corrected chi connectivity index (χ1v) is 15.2. The predicted octanol–water partition coefficient (Wildman–Crippen LogP) is 6.11. The summed E-state index contributed by atoms with van der Waals surface area (Å²) >= 11 is 11.7. The molecule has 39 heavy (non-hydrogen) atoms. The lowest BCUT2D eigenvalue weighted by atomic mass is 9.86. The molecule has 12 heteroatoms. The van der Waals surface area contributed by atoms with E-state index < -0.39 is 45.5 Å². The Balaban J connectivity index is 1.47. The van der Waals surface area contributed by atoms with Gasteiger partial charge in [-0.3, -0.25) is 9.69 Å². The van der Waals surface area contributed by atoms with Gasteiger partial charge in [-0.05, 0) is 80.1 Å². The molecule has 0 unspecified atom stereocenters. The number of halogens is 5. The lowest BCUT2D eigenvalue weighted by Crippen LogP contribution is -2.49. The van der Waals surface area contributed by atoms with Crippen LogP contribution in [-0.2, 0) is 27.8 Å². The highest BCUT2D eigenvalue weighted by atomic mass is 35.5. The lowest BCUT2D eigenvalue weighted by Gasteiger charge is -2.31. The molecule has 1 N–H and O–H groups in total. The molecule has 0 radical (unpaired) electrons. The Kier molecular flexibility index (Phi) is 9.53. The summed E-state index contributed by atoms with van der Waals surface area (Å²) in [5.41, 5.74) is 3.18. The van der Waals surface area contributed by atoms with Gasteiger partial charge in [0.1, 0.15) is 6.04 Å². The number of likely N-dealkylation sites (tertiary alicyclic amines) is 1. The molecule has 1 heterocycles. The van der Waals surface area contributed by atoms with Gasteiger partial charge >= 0.3 is 6.18 Å². The van der Waals surface area contributed by atoms with Crippen molar-refractivity contribution < 1.29 is 26.4 Å². The number of hydrogen-bond acceptors (Lipinski definition) is 4. The van der Waals surface area contributed by atoms with Crippen molar-refractivity contribution in [2.45, 2.75) is 74.6 Å². The van der Waals surface area contributed by atoms with Gasteiger partial charge in [0.2, 0.25) is 15.9 Å². The van der Waals surface area contributed by atoms with Crippen LogP contribution in [0.3, 0.4) is 0 Å². The average Bonchev–Trinajstić information content (AvgIpc) is 2.88. The maximum absolute atomic E-state index is 14.0. The maximum Gasteiger partial charge on any atom is 0.405 e. The van der Waals surface area contributed by atoms with Crippen LogP contribution < -0.4 is 5.32 Å². The quantitative estimate of drug-likeness (QED) is 0.394.